The zero-order chi connectivity index (χ0) is 14.5. The van der Waals surface area contributed by atoms with Crippen molar-refractivity contribution in [2.24, 2.45) is 0 Å². The van der Waals surface area contributed by atoms with Crippen molar-refractivity contribution in [1.29, 1.82) is 0 Å². The molecule has 1 aromatic heterocycles. The van der Waals surface area contributed by atoms with Gasteiger partial charge < -0.3 is 21.5 Å². The summed E-state index contributed by atoms with van der Waals surface area (Å²) in [5.41, 5.74) is 12.2. The number of hydrogen-bond donors (Lipinski definition) is 3. The summed E-state index contributed by atoms with van der Waals surface area (Å²) in [6.45, 7) is 0. The van der Waals surface area contributed by atoms with Crippen LogP contribution in [0.4, 0.5) is 17.3 Å². The molecule has 0 saturated heterocycles. The quantitative estimate of drug-likeness (QED) is 0.782. The summed E-state index contributed by atoms with van der Waals surface area (Å²) >= 11 is 0. The van der Waals surface area contributed by atoms with Crippen molar-refractivity contribution in [3.05, 3.63) is 36.2 Å². The van der Waals surface area contributed by atoms with E-state index >= 15 is 0 Å². The van der Waals surface area contributed by atoms with Gasteiger partial charge in [0.15, 0.2) is 11.6 Å². The third kappa shape index (κ3) is 4.22. The predicted octanol–water partition coefficient (Wildman–Crippen LogP) is 1.25. The van der Waals surface area contributed by atoms with Crippen molar-refractivity contribution >= 4 is 35.6 Å². The van der Waals surface area contributed by atoms with Crippen molar-refractivity contribution in [2.45, 2.75) is 6.42 Å². The van der Waals surface area contributed by atoms with Gasteiger partial charge in [-0.2, -0.15) is 0 Å². The lowest BCUT2D eigenvalue weighted by atomic mass is 10.1. The van der Waals surface area contributed by atoms with E-state index < -0.39 is 0 Å². The van der Waals surface area contributed by atoms with E-state index in [1.54, 1.807) is 13.2 Å². The number of methoxy groups -OCH3 is 1. The summed E-state index contributed by atoms with van der Waals surface area (Å²) in [5.74, 6) is 0.797. The molecule has 0 spiro atoms. The number of nitrogens with two attached hydrogens (primary N) is 2. The highest BCUT2D eigenvalue weighted by atomic mass is 35.5. The maximum Gasteiger partial charge on any atom is 0.230 e. The molecule has 1 aromatic carbocycles. The Morgan fingerprint density at radius 3 is 2.81 bits per heavy atom. The van der Waals surface area contributed by atoms with Gasteiger partial charge >= 0.3 is 0 Å². The number of carbonyl (C=O) groups is 1. The monoisotopic (exact) mass is 309 g/mol. The number of amides is 1. The second-order valence-electron chi connectivity index (χ2n) is 4.10. The summed E-state index contributed by atoms with van der Waals surface area (Å²) in [7, 11) is 1.57. The Balaban J connectivity index is 0.00000220. The molecule has 0 fully saturated rings. The van der Waals surface area contributed by atoms with Crippen LogP contribution in [0.5, 0.6) is 5.75 Å². The van der Waals surface area contributed by atoms with Crippen LogP contribution in [0.15, 0.2) is 30.6 Å². The van der Waals surface area contributed by atoms with Gasteiger partial charge in [-0.05, 0) is 17.7 Å². The molecular weight excluding hydrogens is 294 g/mol. The first-order valence-electron chi connectivity index (χ1n) is 5.89. The fourth-order valence-electron chi connectivity index (χ4n) is 1.65. The van der Waals surface area contributed by atoms with Gasteiger partial charge in [-0.25, -0.2) is 9.97 Å². The van der Waals surface area contributed by atoms with Crippen molar-refractivity contribution in [1.82, 2.24) is 9.97 Å². The molecule has 0 bridgehead atoms. The number of aromatic nitrogens is 2. The van der Waals surface area contributed by atoms with E-state index in [2.05, 4.69) is 15.3 Å². The lowest BCUT2D eigenvalue weighted by molar-refractivity contribution is -0.115. The maximum absolute atomic E-state index is 11.9. The van der Waals surface area contributed by atoms with Crippen LogP contribution in [0.3, 0.4) is 0 Å². The summed E-state index contributed by atoms with van der Waals surface area (Å²) < 4.78 is 5.10. The zero-order valence-corrected chi connectivity index (χ0v) is 12.2. The van der Waals surface area contributed by atoms with Crippen molar-refractivity contribution in [3.63, 3.8) is 0 Å². The topological polar surface area (TPSA) is 116 Å². The number of nitrogen functional groups attached to an aromatic ring is 2. The molecule has 1 amide bonds. The van der Waals surface area contributed by atoms with Crippen LogP contribution in [-0.2, 0) is 11.2 Å². The average molecular weight is 310 g/mol. The molecule has 21 heavy (non-hydrogen) atoms. The van der Waals surface area contributed by atoms with Gasteiger partial charge in [0.25, 0.3) is 0 Å². The lowest BCUT2D eigenvalue weighted by Gasteiger charge is -2.08. The average Bonchev–Trinajstić information content (AvgIpc) is 2.44. The van der Waals surface area contributed by atoms with E-state index in [1.165, 1.54) is 6.33 Å². The molecule has 8 heteroatoms. The molecule has 2 aromatic rings. The number of hydrogen-bond acceptors (Lipinski definition) is 6. The van der Waals surface area contributed by atoms with Gasteiger partial charge in [0.05, 0.1) is 13.5 Å². The van der Waals surface area contributed by atoms with Crippen molar-refractivity contribution in [2.75, 3.05) is 23.9 Å². The fourth-order valence-corrected chi connectivity index (χ4v) is 1.65. The summed E-state index contributed by atoms with van der Waals surface area (Å²) in [6.07, 6.45) is 1.42. The van der Waals surface area contributed by atoms with Crippen molar-refractivity contribution < 1.29 is 9.53 Å². The largest absolute Gasteiger partial charge is 0.497 e. The van der Waals surface area contributed by atoms with Gasteiger partial charge in [-0.15, -0.1) is 12.4 Å². The van der Waals surface area contributed by atoms with E-state index in [-0.39, 0.29) is 42.1 Å². The summed E-state index contributed by atoms with van der Waals surface area (Å²) in [6, 6.07) is 7.25. The van der Waals surface area contributed by atoms with Crippen molar-refractivity contribution in [3.8, 4) is 5.75 Å². The Morgan fingerprint density at radius 1 is 1.33 bits per heavy atom. The maximum atomic E-state index is 11.9. The Hall–Kier alpha value is -2.54. The highest BCUT2D eigenvalue weighted by molar-refractivity contribution is 5.95. The fraction of sp³-hybridized carbons (Fsp3) is 0.154. The molecule has 1 heterocycles. The van der Waals surface area contributed by atoms with E-state index in [0.29, 0.717) is 5.75 Å². The Morgan fingerprint density at radius 2 is 2.10 bits per heavy atom. The number of carbonyl (C=O) groups excluding carboxylic acids is 1. The third-order valence-electron chi connectivity index (χ3n) is 2.67. The van der Waals surface area contributed by atoms with E-state index in [9.17, 15) is 4.79 Å². The second kappa shape index (κ2) is 7.30. The minimum atomic E-state index is -0.247. The first-order valence-corrected chi connectivity index (χ1v) is 5.89. The van der Waals surface area contributed by atoms with E-state index in [0.717, 1.165) is 5.56 Å². The number of nitrogens with one attached hydrogen (secondary N) is 1. The smallest absolute Gasteiger partial charge is 0.230 e. The molecule has 0 aliphatic rings. The molecule has 0 atom stereocenters. The van der Waals surface area contributed by atoms with Crippen LogP contribution in [-0.4, -0.2) is 23.0 Å². The Kier molecular flexibility index (Phi) is 5.74. The SMILES string of the molecule is COc1cccc(CC(=O)Nc2ncnc(N)c2N)c1.Cl. The van der Waals surface area contributed by atoms with Crippen LogP contribution < -0.4 is 21.5 Å². The molecular formula is C13H16ClN5O2. The molecule has 2 rings (SSSR count). The van der Waals surface area contributed by atoms with Crippen LogP contribution in [0, 0.1) is 0 Å². The van der Waals surface area contributed by atoms with Crippen LogP contribution in [0.25, 0.3) is 0 Å². The summed E-state index contributed by atoms with van der Waals surface area (Å²) in [4.78, 5) is 19.5. The molecule has 0 radical (unpaired) electrons. The minimum absolute atomic E-state index is 0. The van der Waals surface area contributed by atoms with Crippen LogP contribution in [0.2, 0.25) is 0 Å². The predicted molar refractivity (Wildman–Crippen MR) is 83.4 cm³/mol. The van der Waals surface area contributed by atoms with Gasteiger partial charge in [0, 0.05) is 0 Å². The zero-order valence-electron chi connectivity index (χ0n) is 11.4. The number of anilines is 3. The molecule has 0 aliphatic carbocycles. The number of halogens is 1. The Labute approximate surface area is 128 Å². The van der Waals surface area contributed by atoms with Gasteiger partial charge in [-0.1, -0.05) is 12.1 Å². The first-order chi connectivity index (χ1) is 9.60. The molecule has 112 valence electrons. The van der Waals surface area contributed by atoms with E-state index in [1.807, 2.05) is 18.2 Å². The highest BCUT2D eigenvalue weighted by Gasteiger charge is 2.10. The van der Waals surface area contributed by atoms with Crippen LogP contribution >= 0.6 is 12.4 Å². The molecule has 5 N–H and O–H groups in total. The Bertz CT molecular complexity index is 636. The first kappa shape index (κ1) is 16.5. The van der Waals surface area contributed by atoms with Gasteiger partial charge in [0.1, 0.15) is 17.8 Å². The minimum Gasteiger partial charge on any atom is -0.497 e. The van der Waals surface area contributed by atoms with Crippen LogP contribution in [0.1, 0.15) is 5.56 Å². The second-order valence-corrected chi connectivity index (χ2v) is 4.10. The molecule has 0 unspecified atom stereocenters. The van der Waals surface area contributed by atoms with Gasteiger partial charge in [-0.3, -0.25) is 4.79 Å². The standard InChI is InChI=1S/C13H15N5O2.ClH/c1-20-9-4-2-3-8(5-9)6-10(19)18-13-11(14)12(15)16-7-17-13;/h2-5,7H,6,14H2,1H3,(H3,15,16,17,18,19);1H. The lowest BCUT2D eigenvalue weighted by Crippen LogP contribution is -2.17. The number of ether oxygens (including phenoxy) is 1. The number of nitrogens with zero attached hydrogens (tertiary/aromatic N) is 2. The normalized spacial score (nSPS) is 9.57. The number of rotatable bonds is 4. The summed E-state index contributed by atoms with van der Waals surface area (Å²) in [5, 5.41) is 2.60. The molecule has 0 aliphatic heterocycles. The third-order valence-corrected chi connectivity index (χ3v) is 2.67. The van der Waals surface area contributed by atoms with Gasteiger partial charge in [0.2, 0.25) is 5.91 Å². The molecule has 7 nitrogen and oxygen atoms in total. The highest BCUT2D eigenvalue weighted by Crippen LogP contribution is 2.19. The molecule has 0 saturated carbocycles. The number of benzene rings is 1. The van der Waals surface area contributed by atoms with E-state index in [4.69, 9.17) is 16.2 Å².